The molecule has 0 fully saturated rings. The number of pyridine rings is 1. The largest absolute Gasteiger partial charge is 0.443 e. The third kappa shape index (κ3) is 5.07. The van der Waals surface area contributed by atoms with Crippen LogP contribution in [0.2, 0.25) is 0 Å². The second kappa shape index (κ2) is 7.24. The van der Waals surface area contributed by atoms with Gasteiger partial charge in [-0.1, -0.05) is 30.3 Å². The Labute approximate surface area is 137 Å². The summed E-state index contributed by atoms with van der Waals surface area (Å²) in [7, 11) is 0. The summed E-state index contributed by atoms with van der Waals surface area (Å²) < 4.78 is 5.50. The molecule has 0 spiro atoms. The van der Waals surface area contributed by atoms with E-state index < -0.39 is 11.7 Å². The third-order valence-corrected chi connectivity index (χ3v) is 3.14. The van der Waals surface area contributed by atoms with E-state index in [4.69, 9.17) is 10.5 Å². The van der Waals surface area contributed by atoms with Crippen molar-refractivity contribution in [1.29, 1.82) is 0 Å². The number of anilines is 1. The maximum absolute atomic E-state index is 12.5. The first-order valence-electron chi connectivity index (χ1n) is 7.58. The van der Waals surface area contributed by atoms with Crippen molar-refractivity contribution >= 4 is 11.9 Å². The highest BCUT2D eigenvalue weighted by atomic mass is 16.6. The fourth-order valence-corrected chi connectivity index (χ4v) is 2.03. The molecule has 23 heavy (non-hydrogen) atoms. The predicted molar refractivity (Wildman–Crippen MR) is 91.0 cm³/mol. The molecule has 0 bridgehead atoms. The van der Waals surface area contributed by atoms with Crippen LogP contribution in [-0.4, -0.2) is 16.7 Å². The maximum Gasteiger partial charge on any atom is 0.416 e. The van der Waals surface area contributed by atoms with Crippen LogP contribution in [0.5, 0.6) is 0 Å². The Morgan fingerprint density at radius 1 is 1.13 bits per heavy atom. The highest BCUT2D eigenvalue weighted by Gasteiger charge is 2.24. The van der Waals surface area contributed by atoms with Gasteiger partial charge in [-0.3, -0.25) is 4.90 Å². The lowest BCUT2D eigenvalue weighted by Crippen LogP contribution is -2.37. The number of aromatic nitrogens is 1. The molecule has 2 N–H and O–H groups in total. The summed E-state index contributed by atoms with van der Waals surface area (Å²) in [5.74, 6) is 0.560. The number of hydrogen-bond donors (Lipinski definition) is 1. The number of benzene rings is 1. The molecule has 1 heterocycles. The molecule has 0 saturated carbocycles. The van der Waals surface area contributed by atoms with Crippen LogP contribution in [0.3, 0.4) is 0 Å². The number of amides is 1. The Hall–Kier alpha value is -2.40. The SMILES string of the molecule is CC(C)(C)OC(=O)N(Cc1ccc(CN)cc1)c1ccccn1. The van der Waals surface area contributed by atoms with Crippen LogP contribution in [-0.2, 0) is 17.8 Å². The highest BCUT2D eigenvalue weighted by Crippen LogP contribution is 2.19. The number of ether oxygens (including phenoxy) is 1. The summed E-state index contributed by atoms with van der Waals surface area (Å²) in [6.07, 6.45) is 1.24. The molecule has 0 aliphatic heterocycles. The van der Waals surface area contributed by atoms with Crippen molar-refractivity contribution in [2.45, 2.75) is 39.5 Å². The lowest BCUT2D eigenvalue weighted by atomic mass is 10.1. The molecule has 122 valence electrons. The second-order valence-electron chi connectivity index (χ2n) is 6.28. The number of hydrogen-bond acceptors (Lipinski definition) is 4. The van der Waals surface area contributed by atoms with Crippen molar-refractivity contribution in [3.05, 3.63) is 59.8 Å². The molecule has 0 unspecified atom stereocenters. The van der Waals surface area contributed by atoms with E-state index in [1.54, 1.807) is 12.3 Å². The van der Waals surface area contributed by atoms with Crippen molar-refractivity contribution in [3.8, 4) is 0 Å². The molecule has 2 aromatic rings. The number of carbonyl (C=O) groups is 1. The van der Waals surface area contributed by atoms with Crippen LogP contribution in [0.15, 0.2) is 48.7 Å². The number of carbonyl (C=O) groups excluding carboxylic acids is 1. The van der Waals surface area contributed by atoms with E-state index >= 15 is 0 Å². The van der Waals surface area contributed by atoms with E-state index in [1.165, 1.54) is 4.90 Å². The molecule has 1 aromatic heterocycles. The number of rotatable bonds is 4. The molecule has 1 amide bonds. The first-order chi connectivity index (χ1) is 10.9. The average Bonchev–Trinajstić information content (AvgIpc) is 2.52. The van der Waals surface area contributed by atoms with Gasteiger partial charge in [0.2, 0.25) is 0 Å². The first kappa shape index (κ1) is 17.0. The summed E-state index contributed by atoms with van der Waals surface area (Å²) in [6, 6.07) is 13.3. The molecule has 0 radical (unpaired) electrons. The standard InChI is InChI=1S/C18H23N3O2/c1-18(2,3)23-17(22)21(16-6-4-5-11-20-16)13-15-9-7-14(12-19)8-10-15/h4-11H,12-13,19H2,1-3H3. The van der Waals surface area contributed by atoms with Gasteiger partial charge in [0, 0.05) is 12.7 Å². The summed E-state index contributed by atoms with van der Waals surface area (Å²) in [4.78, 5) is 18.3. The Morgan fingerprint density at radius 2 is 1.78 bits per heavy atom. The van der Waals surface area contributed by atoms with Crippen molar-refractivity contribution in [2.75, 3.05) is 4.90 Å². The van der Waals surface area contributed by atoms with Gasteiger partial charge in [-0.2, -0.15) is 0 Å². The Balaban J connectivity index is 2.24. The smallest absolute Gasteiger partial charge is 0.416 e. The lowest BCUT2D eigenvalue weighted by Gasteiger charge is -2.27. The summed E-state index contributed by atoms with van der Waals surface area (Å²) in [5.41, 5.74) is 7.09. The summed E-state index contributed by atoms with van der Waals surface area (Å²) >= 11 is 0. The van der Waals surface area contributed by atoms with Crippen LogP contribution < -0.4 is 10.6 Å². The van der Waals surface area contributed by atoms with Crippen molar-refractivity contribution in [3.63, 3.8) is 0 Å². The number of nitrogens with two attached hydrogens (primary N) is 1. The van der Waals surface area contributed by atoms with E-state index in [2.05, 4.69) is 4.98 Å². The monoisotopic (exact) mass is 313 g/mol. The zero-order valence-corrected chi connectivity index (χ0v) is 13.8. The van der Waals surface area contributed by atoms with Gasteiger partial charge in [-0.25, -0.2) is 9.78 Å². The molecule has 5 nitrogen and oxygen atoms in total. The fourth-order valence-electron chi connectivity index (χ4n) is 2.03. The molecule has 0 saturated heterocycles. The second-order valence-corrected chi connectivity index (χ2v) is 6.28. The van der Waals surface area contributed by atoms with Crippen molar-refractivity contribution in [1.82, 2.24) is 4.98 Å². The molecule has 2 rings (SSSR count). The minimum atomic E-state index is -0.562. The Bertz CT molecular complexity index is 634. The third-order valence-electron chi connectivity index (χ3n) is 3.14. The predicted octanol–water partition coefficient (Wildman–Crippen LogP) is 3.48. The first-order valence-corrected chi connectivity index (χ1v) is 7.58. The van der Waals surface area contributed by atoms with Crippen LogP contribution >= 0.6 is 0 Å². The van der Waals surface area contributed by atoms with E-state index in [0.717, 1.165) is 11.1 Å². The van der Waals surface area contributed by atoms with Crippen LogP contribution in [0, 0.1) is 0 Å². The van der Waals surface area contributed by atoms with Gasteiger partial charge in [0.05, 0.1) is 6.54 Å². The zero-order valence-electron chi connectivity index (χ0n) is 13.8. The van der Waals surface area contributed by atoms with Gasteiger partial charge in [0.15, 0.2) is 0 Å². The minimum Gasteiger partial charge on any atom is -0.443 e. The van der Waals surface area contributed by atoms with Gasteiger partial charge in [0.1, 0.15) is 11.4 Å². The van der Waals surface area contributed by atoms with Gasteiger partial charge in [-0.15, -0.1) is 0 Å². The Morgan fingerprint density at radius 3 is 2.30 bits per heavy atom. The van der Waals surface area contributed by atoms with Gasteiger partial charge in [-0.05, 0) is 44.0 Å². The van der Waals surface area contributed by atoms with E-state index in [0.29, 0.717) is 18.9 Å². The van der Waals surface area contributed by atoms with Crippen molar-refractivity contribution in [2.24, 2.45) is 5.73 Å². The van der Waals surface area contributed by atoms with Crippen LogP contribution in [0.25, 0.3) is 0 Å². The zero-order chi connectivity index (χ0) is 16.9. The normalized spacial score (nSPS) is 11.1. The Kier molecular flexibility index (Phi) is 5.34. The fraction of sp³-hybridized carbons (Fsp3) is 0.333. The lowest BCUT2D eigenvalue weighted by molar-refractivity contribution is 0.0576. The molecular weight excluding hydrogens is 290 g/mol. The van der Waals surface area contributed by atoms with Gasteiger partial charge < -0.3 is 10.5 Å². The van der Waals surface area contributed by atoms with Crippen LogP contribution in [0.1, 0.15) is 31.9 Å². The van der Waals surface area contributed by atoms with E-state index in [9.17, 15) is 4.79 Å². The summed E-state index contributed by atoms with van der Waals surface area (Å²) in [6.45, 7) is 6.42. The molecule has 0 aliphatic rings. The van der Waals surface area contributed by atoms with E-state index in [1.807, 2.05) is 57.2 Å². The minimum absolute atomic E-state index is 0.386. The van der Waals surface area contributed by atoms with Crippen LogP contribution in [0.4, 0.5) is 10.6 Å². The number of nitrogens with zero attached hydrogens (tertiary/aromatic N) is 2. The average molecular weight is 313 g/mol. The quantitative estimate of drug-likeness (QED) is 0.938. The molecule has 5 heteroatoms. The molecule has 0 aliphatic carbocycles. The summed E-state index contributed by atoms with van der Waals surface area (Å²) in [5, 5.41) is 0. The van der Waals surface area contributed by atoms with E-state index in [-0.39, 0.29) is 0 Å². The van der Waals surface area contributed by atoms with Crippen molar-refractivity contribution < 1.29 is 9.53 Å². The molecule has 1 aromatic carbocycles. The van der Waals surface area contributed by atoms with Gasteiger partial charge in [0.25, 0.3) is 0 Å². The highest BCUT2D eigenvalue weighted by molar-refractivity contribution is 5.86. The topological polar surface area (TPSA) is 68.5 Å². The molecular formula is C18H23N3O2. The molecule has 0 atom stereocenters. The maximum atomic E-state index is 12.5. The van der Waals surface area contributed by atoms with Gasteiger partial charge >= 0.3 is 6.09 Å².